The molecule has 0 bridgehead atoms. The molecule has 0 unspecified atom stereocenters. The molecule has 2 aromatic carbocycles. The third kappa shape index (κ3) is 3.89. The highest BCUT2D eigenvalue weighted by atomic mass is 32.1. The van der Waals surface area contributed by atoms with Gasteiger partial charge in [0.1, 0.15) is 28.5 Å². The molecule has 5 rings (SSSR count). The number of nitrogens with zero attached hydrogens (tertiary/aromatic N) is 4. The van der Waals surface area contributed by atoms with Crippen LogP contribution in [-0.2, 0) is 16.8 Å². The number of hydrogen-bond donors (Lipinski definition) is 1. The van der Waals surface area contributed by atoms with Crippen LogP contribution < -0.4 is 16.2 Å². The predicted octanol–water partition coefficient (Wildman–Crippen LogP) is 3.24. The van der Waals surface area contributed by atoms with Crippen molar-refractivity contribution in [1.29, 1.82) is 0 Å². The van der Waals surface area contributed by atoms with E-state index >= 15 is 0 Å². The number of aromatic nitrogens is 4. The maximum absolute atomic E-state index is 14.8. The number of rotatable bonds is 6. The minimum Gasteiger partial charge on any atom is -0.442 e. The zero-order valence-electron chi connectivity index (χ0n) is 17.8. The second kappa shape index (κ2) is 8.38. The molecule has 2 N–H and O–H groups in total. The first kappa shape index (κ1) is 22.3. The van der Waals surface area contributed by atoms with Gasteiger partial charge in [0.15, 0.2) is 11.6 Å². The maximum atomic E-state index is 14.8. The van der Waals surface area contributed by atoms with Gasteiger partial charge in [0.25, 0.3) is 0 Å². The molecule has 4 aromatic rings. The van der Waals surface area contributed by atoms with Crippen LogP contribution in [0.25, 0.3) is 5.69 Å². The van der Waals surface area contributed by atoms with Gasteiger partial charge in [0.05, 0.1) is 31.1 Å². The van der Waals surface area contributed by atoms with E-state index in [2.05, 4.69) is 10.1 Å². The van der Waals surface area contributed by atoms with Crippen LogP contribution in [0.3, 0.4) is 0 Å². The Morgan fingerprint density at radius 2 is 1.91 bits per heavy atom. The van der Waals surface area contributed by atoms with Gasteiger partial charge in [0.2, 0.25) is 5.06 Å². The molecule has 1 aliphatic heterocycles. The predicted molar refractivity (Wildman–Crippen MR) is 117 cm³/mol. The normalized spacial score (nSPS) is 14.7. The van der Waals surface area contributed by atoms with Crippen molar-refractivity contribution in [2.75, 3.05) is 13.2 Å². The largest absolute Gasteiger partial charge is 0.442 e. The fraction of sp³-hybridized carbons (Fsp3) is 0.227. The summed E-state index contributed by atoms with van der Waals surface area (Å²) >= 11 is 1.22. The molecule has 1 aliphatic rings. The van der Waals surface area contributed by atoms with Crippen molar-refractivity contribution in [1.82, 2.24) is 19.3 Å². The Kier molecular flexibility index (Phi) is 5.50. The van der Waals surface area contributed by atoms with Crippen LogP contribution in [0, 0.1) is 24.4 Å². The van der Waals surface area contributed by atoms with Crippen molar-refractivity contribution in [3.8, 4) is 16.5 Å². The molecule has 8 nitrogen and oxygen atoms in total. The van der Waals surface area contributed by atoms with Gasteiger partial charge in [-0.25, -0.2) is 22.9 Å². The van der Waals surface area contributed by atoms with Gasteiger partial charge in [-0.15, -0.1) is 0 Å². The molecular formula is C22H18F3N5O3S. The summed E-state index contributed by atoms with van der Waals surface area (Å²) in [5.74, 6) is -2.36. The fourth-order valence-electron chi connectivity index (χ4n) is 3.41. The molecule has 1 fully saturated rings. The Bertz CT molecular complexity index is 1420. The summed E-state index contributed by atoms with van der Waals surface area (Å²) < 4.78 is 55.5. The third-order valence-corrected chi connectivity index (χ3v) is 6.64. The highest BCUT2D eigenvalue weighted by molar-refractivity contribution is 7.13. The number of aryl methyl sites for hydroxylation is 1. The minimum absolute atomic E-state index is 0.0705. The van der Waals surface area contributed by atoms with Crippen molar-refractivity contribution in [2.24, 2.45) is 5.73 Å². The second-order valence-corrected chi connectivity index (χ2v) is 8.87. The number of ether oxygens (including phenoxy) is 2. The standard InChI is InChI=1S/C22H18F3N5O3S/c1-12-19(34-20(28-12)22(26)9-32-10-22)33-18-6-5-13(7-17(18)25)30-21(31)29(11-27-30)8-14-15(23)3-2-4-16(14)24/h2-7,11H,8-10,26H2,1H3. The smallest absolute Gasteiger partial charge is 0.350 e. The van der Waals surface area contributed by atoms with Gasteiger partial charge in [-0.2, -0.15) is 9.78 Å². The SMILES string of the molecule is Cc1nc(C2(N)COC2)sc1Oc1ccc(-n2ncn(Cc3c(F)cccc3F)c2=O)cc1F. The summed E-state index contributed by atoms with van der Waals surface area (Å²) in [5.41, 5.74) is 5.27. The number of benzene rings is 2. The lowest BCUT2D eigenvalue weighted by molar-refractivity contribution is -0.0570. The molecule has 3 heterocycles. The summed E-state index contributed by atoms with van der Waals surface area (Å²) in [6, 6.07) is 7.32. The van der Waals surface area contributed by atoms with Gasteiger partial charge >= 0.3 is 5.69 Å². The molecule has 0 radical (unpaired) electrons. The lowest BCUT2D eigenvalue weighted by Crippen LogP contribution is -2.54. The maximum Gasteiger partial charge on any atom is 0.350 e. The van der Waals surface area contributed by atoms with Gasteiger partial charge in [-0.3, -0.25) is 4.57 Å². The van der Waals surface area contributed by atoms with Crippen molar-refractivity contribution in [3.63, 3.8) is 0 Å². The van der Waals surface area contributed by atoms with Crippen LogP contribution in [0.5, 0.6) is 10.8 Å². The highest BCUT2D eigenvalue weighted by Gasteiger charge is 2.39. The van der Waals surface area contributed by atoms with Crippen LogP contribution in [0.4, 0.5) is 13.2 Å². The average molecular weight is 489 g/mol. The topological polar surface area (TPSA) is 97.2 Å². The first-order chi connectivity index (χ1) is 16.2. The van der Waals surface area contributed by atoms with E-state index in [9.17, 15) is 18.0 Å². The van der Waals surface area contributed by atoms with Gasteiger partial charge in [0, 0.05) is 11.6 Å². The van der Waals surface area contributed by atoms with Crippen LogP contribution >= 0.6 is 11.3 Å². The summed E-state index contributed by atoms with van der Waals surface area (Å²) in [6.07, 6.45) is 1.13. The average Bonchev–Trinajstić information content (AvgIpc) is 3.33. The van der Waals surface area contributed by atoms with Crippen molar-refractivity contribution >= 4 is 11.3 Å². The van der Waals surface area contributed by atoms with Crippen LogP contribution in [0.2, 0.25) is 0 Å². The van der Waals surface area contributed by atoms with Gasteiger partial charge < -0.3 is 15.2 Å². The molecule has 0 saturated carbocycles. The number of halogens is 3. The van der Waals surface area contributed by atoms with E-state index in [0.29, 0.717) is 29.0 Å². The van der Waals surface area contributed by atoms with Crippen molar-refractivity contribution in [3.05, 3.63) is 86.9 Å². The summed E-state index contributed by atoms with van der Waals surface area (Å²) in [7, 11) is 0. The zero-order valence-corrected chi connectivity index (χ0v) is 18.6. The van der Waals surface area contributed by atoms with E-state index in [-0.39, 0.29) is 23.5 Å². The van der Waals surface area contributed by atoms with E-state index in [4.69, 9.17) is 15.2 Å². The number of thiazole rings is 1. The molecule has 176 valence electrons. The lowest BCUT2D eigenvalue weighted by atomic mass is 10.0. The van der Waals surface area contributed by atoms with E-state index in [1.807, 2.05) is 0 Å². The molecule has 0 spiro atoms. The molecule has 12 heteroatoms. The van der Waals surface area contributed by atoms with Gasteiger partial charge in [-0.1, -0.05) is 17.4 Å². The van der Waals surface area contributed by atoms with Crippen molar-refractivity contribution in [2.45, 2.75) is 19.0 Å². The Morgan fingerprint density at radius 3 is 2.56 bits per heavy atom. The fourth-order valence-corrected chi connectivity index (χ4v) is 4.42. The quantitative estimate of drug-likeness (QED) is 0.447. The van der Waals surface area contributed by atoms with E-state index in [1.54, 1.807) is 6.92 Å². The van der Waals surface area contributed by atoms with Gasteiger partial charge in [-0.05, 0) is 31.2 Å². The molecule has 1 saturated heterocycles. The Morgan fingerprint density at radius 1 is 1.18 bits per heavy atom. The molecule has 0 amide bonds. The van der Waals surface area contributed by atoms with Crippen molar-refractivity contribution < 1.29 is 22.6 Å². The van der Waals surface area contributed by atoms with E-state index in [1.165, 1.54) is 29.5 Å². The van der Waals surface area contributed by atoms with Crippen LogP contribution in [-0.4, -0.2) is 32.5 Å². The Balaban J connectivity index is 1.38. The minimum atomic E-state index is -0.779. The summed E-state index contributed by atoms with van der Waals surface area (Å²) in [6.45, 7) is 2.08. The molecule has 0 aliphatic carbocycles. The molecular weight excluding hydrogens is 471 g/mol. The lowest BCUT2D eigenvalue weighted by Gasteiger charge is -2.35. The summed E-state index contributed by atoms with van der Waals surface area (Å²) in [5, 5.41) is 4.98. The van der Waals surface area contributed by atoms with Crippen LogP contribution in [0.1, 0.15) is 16.3 Å². The number of nitrogens with two attached hydrogens (primary N) is 1. The molecule has 0 atom stereocenters. The Labute approximate surface area is 195 Å². The van der Waals surface area contributed by atoms with E-state index in [0.717, 1.165) is 33.8 Å². The monoisotopic (exact) mass is 489 g/mol. The first-order valence-corrected chi connectivity index (χ1v) is 11.0. The molecule has 34 heavy (non-hydrogen) atoms. The summed E-state index contributed by atoms with van der Waals surface area (Å²) in [4.78, 5) is 17.1. The second-order valence-electron chi connectivity index (χ2n) is 7.91. The third-order valence-electron chi connectivity index (χ3n) is 5.39. The molecule has 2 aromatic heterocycles. The van der Waals surface area contributed by atoms with Crippen LogP contribution in [0.15, 0.2) is 47.5 Å². The number of hydrogen-bond acceptors (Lipinski definition) is 7. The Hall–Kier alpha value is -3.48. The zero-order chi connectivity index (χ0) is 24.0. The first-order valence-electron chi connectivity index (χ1n) is 10.1. The van der Waals surface area contributed by atoms with E-state index < -0.39 is 28.7 Å². The highest BCUT2D eigenvalue weighted by Crippen LogP contribution is 2.38.